The van der Waals surface area contributed by atoms with Gasteiger partial charge < -0.3 is 0 Å². The van der Waals surface area contributed by atoms with Crippen LogP contribution < -0.4 is 0 Å². The van der Waals surface area contributed by atoms with E-state index in [1.54, 1.807) is 6.08 Å². The summed E-state index contributed by atoms with van der Waals surface area (Å²) in [5.41, 5.74) is 0.496. The molecule has 0 fully saturated rings. The van der Waals surface area contributed by atoms with Gasteiger partial charge in [0.1, 0.15) is 11.1 Å². The molecule has 0 N–H and O–H groups in total. The second-order valence-corrected chi connectivity index (χ2v) is 3.97. The van der Waals surface area contributed by atoms with Crippen molar-refractivity contribution in [2.75, 3.05) is 0 Å². The molecular weight excluding hydrogens is 208 g/mol. The fourth-order valence-corrected chi connectivity index (χ4v) is 2.09. The number of amides is 1. The normalized spacial score (nSPS) is 19.3. The highest BCUT2D eigenvalue weighted by Crippen LogP contribution is 2.30. The monoisotopic (exact) mass is 220 g/mol. The van der Waals surface area contributed by atoms with E-state index in [1.807, 2.05) is 19.9 Å². The SMILES string of the molecule is CC/C=C1\SC(/C(C#N)=C/CC)=NC1=O. The third kappa shape index (κ3) is 2.80. The van der Waals surface area contributed by atoms with E-state index in [-0.39, 0.29) is 5.91 Å². The third-order valence-electron chi connectivity index (χ3n) is 1.77. The smallest absolute Gasteiger partial charge is 0.266 e. The highest BCUT2D eigenvalue weighted by atomic mass is 32.2. The zero-order valence-electron chi connectivity index (χ0n) is 8.78. The highest BCUT2D eigenvalue weighted by molar-refractivity contribution is 8.19. The van der Waals surface area contributed by atoms with E-state index in [0.717, 1.165) is 12.8 Å². The molecular formula is C11H12N2OS. The maximum Gasteiger partial charge on any atom is 0.284 e. The Balaban J connectivity index is 2.90. The number of hydrogen-bond donors (Lipinski definition) is 0. The lowest BCUT2D eigenvalue weighted by atomic mass is 10.2. The quantitative estimate of drug-likeness (QED) is 0.543. The first-order chi connectivity index (χ1) is 7.22. The van der Waals surface area contributed by atoms with Crippen molar-refractivity contribution in [3.8, 4) is 6.07 Å². The predicted octanol–water partition coefficient (Wildman–Crippen LogP) is 2.81. The molecule has 15 heavy (non-hydrogen) atoms. The van der Waals surface area contributed by atoms with Crippen LogP contribution in [-0.2, 0) is 4.79 Å². The van der Waals surface area contributed by atoms with Gasteiger partial charge in [-0.3, -0.25) is 4.79 Å². The minimum absolute atomic E-state index is 0.228. The summed E-state index contributed by atoms with van der Waals surface area (Å²) in [6, 6.07) is 2.06. The number of carbonyl (C=O) groups is 1. The van der Waals surface area contributed by atoms with E-state index in [2.05, 4.69) is 11.1 Å². The summed E-state index contributed by atoms with van der Waals surface area (Å²) in [6.07, 6.45) is 5.19. The Morgan fingerprint density at radius 3 is 2.80 bits per heavy atom. The number of aliphatic imine (C=N–C) groups is 1. The van der Waals surface area contributed by atoms with E-state index in [9.17, 15) is 4.79 Å². The van der Waals surface area contributed by atoms with Gasteiger partial charge in [-0.2, -0.15) is 5.26 Å². The number of carbonyl (C=O) groups excluding carboxylic acids is 1. The fourth-order valence-electron chi connectivity index (χ4n) is 1.13. The molecule has 0 aromatic carbocycles. The van der Waals surface area contributed by atoms with E-state index in [0.29, 0.717) is 15.5 Å². The lowest BCUT2D eigenvalue weighted by Crippen LogP contribution is -1.91. The Hall–Kier alpha value is -1.34. The van der Waals surface area contributed by atoms with Gasteiger partial charge in [0.15, 0.2) is 0 Å². The van der Waals surface area contributed by atoms with Gasteiger partial charge in [-0.25, -0.2) is 4.99 Å². The average Bonchev–Trinajstić information content (AvgIpc) is 2.57. The molecule has 1 aliphatic heterocycles. The van der Waals surface area contributed by atoms with Crippen LogP contribution in [0.5, 0.6) is 0 Å². The summed E-state index contributed by atoms with van der Waals surface area (Å²) >= 11 is 1.29. The third-order valence-corrected chi connectivity index (χ3v) is 2.83. The molecule has 0 bridgehead atoms. The summed E-state index contributed by atoms with van der Waals surface area (Å²) in [5, 5.41) is 9.41. The Morgan fingerprint density at radius 2 is 2.27 bits per heavy atom. The summed E-state index contributed by atoms with van der Waals surface area (Å²) < 4.78 is 0. The lowest BCUT2D eigenvalue weighted by molar-refractivity contribution is -0.113. The van der Waals surface area contributed by atoms with Crippen molar-refractivity contribution < 1.29 is 4.79 Å². The molecule has 0 aromatic rings. The minimum Gasteiger partial charge on any atom is -0.266 e. The standard InChI is InChI=1S/C11H12N2OS/c1-3-5-8(7-12)11-13-10(14)9(15-11)6-4-2/h5-6H,3-4H2,1-2H3/b8-5+,9-6-. The van der Waals surface area contributed by atoms with Crippen molar-refractivity contribution >= 4 is 22.7 Å². The molecule has 0 spiro atoms. The fraction of sp³-hybridized carbons (Fsp3) is 0.364. The summed E-state index contributed by atoms with van der Waals surface area (Å²) in [7, 11) is 0. The highest BCUT2D eigenvalue weighted by Gasteiger charge is 2.23. The van der Waals surface area contributed by atoms with E-state index in [1.165, 1.54) is 11.8 Å². The van der Waals surface area contributed by atoms with Crippen LogP contribution in [0.15, 0.2) is 27.6 Å². The van der Waals surface area contributed by atoms with Gasteiger partial charge in [-0.15, -0.1) is 0 Å². The van der Waals surface area contributed by atoms with Crippen molar-refractivity contribution in [1.29, 1.82) is 5.26 Å². The molecule has 1 heterocycles. The first kappa shape index (κ1) is 11.7. The molecule has 1 rings (SSSR count). The first-order valence-electron chi connectivity index (χ1n) is 4.84. The maximum atomic E-state index is 11.4. The molecule has 1 aliphatic rings. The molecule has 1 amide bonds. The number of hydrogen-bond acceptors (Lipinski definition) is 3. The molecule has 3 nitrogen and oxygen atoms in total. The van der Waals surface area contributed by atoms with Crippen LogP contribution in [0, 0.1) is 11.3 Å². The van der Waals surface area contributed by atoms with Gasteiger partial charge >= 0.3 is 0 Å². The molecule has 78 valence electrons. The Labute approximate surface area is 93.6 Å². The van der Waals surface area contributed by atoms with Crippen LogP contribution >= 0.6 is 11.8 Å². The largest absolute Gasteiger partial charge is 0.284 e. The number of rotatable bonds is 3. The topological polar surface area (TPSA) is 53.2 Å². The molecule has 0 aromatic heterocycles. The van der Waals surface area contributed by atoms with Crippen molar-refractivity contribution in [3.63, 3.8) is 0 Å². The van der Waals surface area contributed by atoms with Gasteiger partial charge in [0.05, 0.1) is 10.5 Å². The molecule has 0 radical (unpaired) electrons. The van der Waals surface area contributed by atoms with Crippen LogP contribution in [0.25, 0.3) is 0 Å². The Morgan fingerprint density at radius 1 is 1.53 bits per heavy atom. The molecule has 0 saturated carbocycles. The predicted molar refractivity (Wildman–Crippen MR) is 62.4 cm³/mol. The van der Waals surface area contributed by atoms with Gasteiger partial charge in [0.2, 0.25) is 0 Å². The molecule has 4 heteroatoms. The minimum atomic E-state index is -0.228. The average molecular weight is 220 g/mol. The van der Waals surface area contributed by atoms with Gasteiger partial charge in [0.25, 0.3) is 5.91 Å². The van der Waals surface area contributed by atoms with E-state index in [4.69, 9.17) is 5.26 Å². The summed E-state index contributed by atoms with van der Waals surface area (Å²) in [5.74, 6) is -0.228. The van der Waals surface area contributed by atoms with Gasteiger partial charge in [-0.1, -0.05) is 37.8 Å². The zero-order chi connectivity index (χ0) is 11.3. The second-order valence-electron chi connectivity index (χ2n) is 2.94. The maximum absolute atomic E-state index is 11.4. The van der Waals surface area contributed by atoms with Crippen LogP contribution in [-0.4, -0.2) is 11.0 Å². The molecule has 0 unspecified atom stereocenters. The molecule has 0 aliphatic carbocycles. The van der Waals surface area contributed by atoms with E-state index >= 15 is 0 Å². The van der Waals surface area contributed by atoms with Crippen LogP contribution in [0.1, 0.15) is 26.7 Å². The number of thioether (sulfide) groups is 1. The summed E-state index contributed by atoms with van der Waals surface area (Å²) in [4.78, 5) is 15.9. The van der Waals surface area contributed by atoms with Crippen molar-refractivity contribution in [2.24, 2.45) is 4.99 Å². The van der Waals surface area contributed by atoms with Gasteiger partial charge in [0, 0.05) is 0 Å². The van der Waals surface area contributed by atoms with Crippen LogP contribution in [0.4, 0.5) is 0 Å². The number of allylic oxidation sites excluding steroid dienone is 2. The molecule has 0 saturated heterocycles. The van der Waals surface area contributed by atoms with Crippen molar-refractivity contribution in [1.82, 2.24) is 0 Å². The first-order valence-corrected chi connectivity index (χ1v) is 5.66. The van der Waals surface area contributed by atoms with Crippen molar-refractivity contribution in [3.05, 3.63) is 22.6 Å². The Bertz CT molecular complexity index is 399. The molecule has 0 atom stereocenters. The Kier molecular flexibility index (Phi) is 4.32. The second kappa shape index (κ2) is 5.52. The van der Waals surface area contributed by atoms with Crippen LogP contribution in [0.2, 0.25) is 0 Å². The number of nitrogens with zero attached hydrogens (tertiary/aromatic N) is 2. The zero-order valence-corrected chi connectivity index (χ0v) is 9.60. The van der Waals surface area contributed by atoms with Gasteiger partial charge in [-0.05, 0) is 12.8 Å². The van der Waals surface area contributed by atoms with Crippen molar-refractivity contribution in [2.45, 2.75) is 26.7 Å². The van der Waals surface area contributed by atoms with Crippen LogP contribution in [0.3, 0.4) is 0 Å². The van der Waals surface area contributed by atoms with E-state index < -0.39 is 0 Å². The summed E-state index contributed by atoms with van der Waals surface area (Å²) in [6.45, 7) is 3.91. The lowest BCUT2D eigenvalue weighted by Gasteiger charge is -1.94. The number of nitriles is 1.